The van der Waals surface area contributed by atoms with E-state index >= 15 is 0 Å². The summed E-state index contributed by atoms with van der Waals surface area (Å²) in [5.41, 5.74) is 3.51. The number of hydrogen-bond donors (Lipinski definition) is 1. The molecule has 4 nitrogen and oxygen atoms in total. The summed E-state index contributed by atoms with van der Waals surface area (Å²) in [5, 5.41) is 3.85. The lowest BCUT2D eigenvalue weighted by Crippen LogP contribution is -2.18. The van der Waals surface area contributed by atoms with Crippen LogP contribution in [-0.2, 0) is 11.6 Å². The molecule has 0 saturated carbocycles. The van der Waals surface area contributed by atoms with Gasteiger partial charge in [0.15, 0.2) is 0 Å². The molecule has 1 N–H and O–H groups in total. The van der Waals surface area contributed by atoms with Crippen molar-refractivity contribution in [3.63, 3.8) is 0 Å². The van der Waals surface area contributed by atoms with Crippen LogP contribution in [-0.4, -0.2) is 12.1 Å². The van der Waals surface area contributed by atoms with Gasteiger partial charge >= 0.3 is 6.18 Å². The molecule has 3 aromatic rings. The molecule has 0 radical (unpaired) electrons. The standard InChI is InChI=1S/C23H21F3N2O2/c1-22(2,3)17-9-7-15(8-10-17)21(29)28-27-14-19-11-12-20(30-19)16-5-4-6-18(13-16)23(24,25)26/h4-14H,1-3H3,(H,28,29)/b27-14-. The first-order valence-electron chi connectivity index (χ1n) is 9.25. The molecule has 0 aliphatic rings. The van der Waals surface area contributed by atoms with Crippen LogP contribution in [0.15, 0.2) is 70.2 Å². The zero-order valence-corrected chi connectivity index (χ0v) is 16.7. The Hall–Kier alpha value is -3.35. The molecule has 2 aromatic carbocycles. The highest BCUT2D eigenvalue weighted by Crippen LogP contribution is 2.32. The van der Waals surface area contributed by atoms with Crippen LogP contribution in [0.5, 0.6) is 0 Å². The first kappa shape index (κ1) is 21.4. The Kier molecular flexibility index (Phi) is 5.82. The van der Waals surface area contributed by atoms with Gasteiger partial charge in [-0.2, -0.15) is 18.3 Å². The van der Waals surface area contributed by atoms with Crippen molar-refractivity contribution >= 4 is 12.1 Å². The Labute approximate surface area is 172 Å². The second kappa shape index (κ2) is 8.18. The summed E-state index contributed by atoms with van der Waals surface area (Å²) in [6.07, 6.45) is -3.14. The second-order valence-electron chi connectivity index (χ2n) is 7.81. The Morgan fingerprint density at radius 3 is 2.30 bits per heavy atom. The fourth-order valence-corrected chi connectivity index (χ4v) is 2.77. The van der Waals surface area contributed by atoms with Crippen LogP contribution < -0.4 is 5.43 Å². The molecule has 0 spiro atoms. The number of amides is 1. The summed E-state index contributed by atoms with van der Waals surface area (Å²) in [7, 11) is 0. The molecule has 3 rings (SSSR count). The van der Waals surface area contributed by atoms with Gasteiger partial charge in [0.2, 0.25) is 0 Å². The van der Waals surface area contributed by atoms with Crippen molar-refractivity contribution in [3.05, 3.63) is 83.1 Å². The molecule has 30 heavy (non-hydrogen) atoms. The van der Waals surface area contributed by atoms with E-state index in [-0.39, 0.29) is 17.1 Å². The number of hydrogen-bond acceptors (Lipinski definition) is 3. The topological polar surface area (TPSA) is 54.6 Å². The minimum atomic E-state index is -4.43. The van der Waals surface area contributed by atoms with Crippen LogP contribution in [0.1, 0.15) is 48.0 Å². The number of carbonyl (C=O) groups is 1. The van der Waals surface area contributed by atoms with Crippen molar-refractivity contribution in [2.45, 2.75) is 32.4 Å². The first-order valence-corrected chi connectivity index (χ1v) is 9.25. The zero-order valence-electron chi connectivity index (χ0n) is 16.7. The summed E-state index contributed by atoms with van der Waals surface area (Å²) in [5.74, 6) is 0.189. The minimum absolute atomic E-state index is 0.0101. The SMILES string of the molecule is CC(C)(C)c1ccc(C(=O)N/N=C\c2ccc(-c3cccc(C(F)(F)F)c3)o2)cc1. The van der Waals surface area contributed by atoms with Gasteiger partial charge in [-0.15, -0.1) is 0 Å². The highest BCUT2D eigenvalue weighted by Gasteiger charge is 2.30. The molecule has 0 atom stereocenters. The van der Waals surface area contributed by atoms with Crippen LogP contribution in [0.2, 0.25) is 0 Å². The number of nitrogens with zero attached hydrogens (tertiary/aromatic N) is 1. The van der Waals surface area contributed by atoms with Crippen molar-refractivity contribution in [1.29, 1.82) is 0 Å². The van der Waals surface area contributed by atoms with Gasteiger partial charge in [0.1, 0.15) is 11.5 Å². The smallest absolute Gasteiger partial charge is 0.416 e. The Morgan fingerprint density at radius 2 is 1.67 bits per heavy atom. The van der Waals surface area contributed by atoms with E-state index in [4.69, 9.17) is 4.42 Å². The molecule has 7 heteroatoms. The van der Waals surface area contributed by atoms with Gasteiger partial charge in [-0.3, -0.25) is 4.79 Å². The summed E-state index contributed by atoms with van der Waals surface area (Å²) >= 11 is 0. The number of halogens is 3. The van der Waals surface area contributed by atoms with E-state index in [1.807, 2.05) is 12.1 Å². The molecular weight excluding hydrogens is 393 g/mol. The zero-order chi connectivity index (χ0) is 21.9. The number of hydrazone groups is 1. The van der Waals surface area contributed by atoms with E-state index in [1.165, 1.54) is 18.3 Å². The lowest BCUT2D eigenvalue weighted by atomic mass is 9.87. The molecule has 0 bridgehead atoms. The van der Waals surface area contributed by atoms with Crippen molar-refractivity contribution < 1.29 is 22.4 Å². The second-order valence-corrected chi connectivity index (χ2v) is 7.81. The maximum atomic E-state index is 12.9. The van der Waals surface area contributed by atoms with Crippen LogP contribution in [0.25, 0.3) is 11.3 Å². The van der Waals surface area contributed by atoms with Gasteiger partial charge in [-0.05, 0) is 47.4 Å². The third-order valence-corrected chi connectivity index (χ3v) is 4.47. The lowest BCUT2D eigenvalue weighted by Gasteiger charge is -2.18. The molecule has 156 valence electrons. The predicted molar refractivity (Wildman–Crippen MR) is 109 cm³/mol. The van der Waals surface area contributed by atoms with Crippen LogP contribution in [0, 0.1) is 0 Å². The van der Waals surface area contributed by atoms with E-state index in [1.54, 1.807) is 24.3 Å². The summed E-state index contributed by atoms with van der Waals surface area (Å²) in [6.45, 7) is 6.26. The number of alkyl halides is 3. The van der Waals surface area contributed by atoms with Crippen molar-refractivity contribution in [2.24, 2.45) is 5.10 Å². The first-order chi connectivity index (χ1) is 14.0. The van der Waals surface area contributed by atoms with Crippen LogP contribution in [0.3, 0.4) is 0 Å². The third kappa shape index (κ3) is 5.17. The molecule has 0 fully saturated rings. The number of rotatable bonds is 4. The Morgan fingerprint density at radius 1 is 0.967 bits per heavy atom. The molecule has 0 aliphatic heterocycles. The monoisotopic (exact) mass is 414 g/mol. The molecule has 0 unspecified atom stereocenters. The summed E-state index contributed by atoms with van der Waals surface area (Å²) < 4.78 is 44.1. The molecule has 1 heterocycles. The van der Waals surface area contributed by atoms with Gasteiger partial charge in [-0.25, -0.2) is 5.43 Å². The van der Waals surface area contributed by atoms with Crippen molar-refractivity contribution in [1.82, 2.24) is 5.43 Å². The fraction of sp³-hybridized carbons (Fsp3) is 0.217. The molecule has 0 aliphatic carbocycles. The number of benzene rings is 2. The fourth-order valence-electron chi connectivity index (χ4n) is 2.77. The van der Waals surface area contributed by atoms with Gasteiger partial charge in [0.05, 0.1) is 11.8 Å². The van der Waals surface area contributed by atoms with E-state index < -0.39 is 11.7 Å². The van der Waals surface area contributed by atoms with E-state index in [0.717, 1.165) is 17.7 Å². The average molecular weight is 414 g/mol. The molecule has 1 amide bonds. The van der Waals surface area contributed by atoms with Crippen LogP contribution in [0.4, 0.5) is 13.2 Å². The maximum absolute atomic E-state index is 12.9. The quantitative estimate of drug-likeness (QED) is 0.419. The normalized spacial score (nSPS) is 12.3. The highest BCUT2D eigenvalue weighted by atomic mass is 19.4. The maximum Gasteiger partial charge on any atom is 0.416 e. The van der Waals surface area contributed by atoms with E-state index in [9.17, 15) is 18.0 Å². The highest BCUT2D eigenvalue weighted by molar-refractivity contribution is 5.94. The average Bonchev–Trinajstić information content (AvgIpc) is 3.16. The van der Waals surface area contributed by atoms with E-state index in [2.05, 4.69) is 31.3 Å². The Balaban J connectivity index is 1.65. The number of nitrogens with one attached hydrogen (secondary N) is 1. The lowest BCUT2D eigenvalue weighted by molar-refractivity contribution is -0.137. The number of furan rings is 1. The number of carbonyl (C=O) groups excluding carboxylic acids is 1. The van der Waals surface area contributed by atoms with Gasteiger partial charge in [0, 0.05) is 11.1 Å². The third-order valence-electron chi connectivity index (χ3n) is 4.47. The largest absolute Gasteiger partial charge is 0.455 e. The molecular formula is C23H21F3N2O2. The predicted octanol–water partition coefficient (Wildman–Crippen LogP) is 6.03. The molecule has 1 aromatic heterocycles. The van der Waals surface area contributed by atoms with Gasteiger partial charge in [-0.1, -0.05) is 45.0 Å². The van der Waals surface area contributed by atoms with Gasteiger partial charge < -0.3 is 4.42 Å². The molecule has 0 saturated heterocycles. The van der Waals surface area contributed by atoms with E-state index in [0.29, 0.717) is 16.9 Å². The summed E-state index contributed by atoms with van der Waals surface area (Å²) in [6, 6.07) is 15.2. The van der Waals surface area contributed by atoms with Crippen molar-refractivity contribution in [2.75, 3.05) is 0 Å². The minimum Gasteiger partial charge on any atom is -0.455 e. The van der Waals surface area contributed by atoms with Crippen LogP contribution >= 0.6 is 0 Å². The Bertz CT molecular complexity index is 1060. The summed E-state index contributed by atoms with van der Waals surface area (Å²) in [4.78, 5) is 12.2. The van der Waals surface area contributed by atoms with Crippen molar-refractivity contribution in [3.8, 4) is 11.3 Å². The van der Waals surface area contributed by atoms with Gasteiger partial charge in [0.25, 0.3) is 5.91 Å².